The van der Waals surface area contributed by atoms with E-state index in [4.69, 9.17) is 9.47 Å². The lowest BCUT2D eigenvalue weighted by Crippen LogP contribution is -2.66. The zero-order valence-corrected chi connectivity index (χ0v) is 14.8. The van der Waals surface area contributed by atoms with E-state index in [1.54, 1.807) is 13.8 Å². The Hall–Kier alpha value is -1.25. The molecule has 0 unspecified atom stereocenters. The molecule has 2 fully saturated rings. The van der Waals surface area contributed by atoms with Gasteiger partial charge in [0, 0.05) is 25.9 Å². The van der Waals surface area contributed by atoms with Crippen molar-refractivity contribution in [3.8, 4) is 5.88 Å². The molecule has 0 amide bonds. The number of sulfonamides is 1. The molecule has 0 N–H and O–H groups in total. The van der Waals surface area contributed by atoms with Crippen LogP contribution in [0.5, 0.6) is 5.88 Å². The minimum absolute atomic E-state index is 0.00286. The molecular weight excluding hydrogens is 335 g/mol. The van der Waals surface area contributed by atoms with E-state index in [-0.39, 0.29) is 11.8 Å². The van der Waals surface area contributed by atoms with Crippen LogP contribution in [0.3, 0.4) is 0 Å². The van der Waals surface area contributed by atoms with Crippen molar-refractivity contribution in [1.82, 2.24) is 9.29 Å². The Morgan fingerprint density at radius 3 is 2.92 bits per heavy atom. The number of halogens is 1. The highest BCUT2D eigenvalue weighted by Gasteiger charge is 2.56. The predicted molar refractivity (Wildman–Crippen MR) is 86.7 cm³/mol. The van der Waals surface area contributed by atoms with Crippen molar-refractivity contribution in [2.75, 3.05) is 26.3 Å². The normalized spacial score (nSPS) is 23.6. The molecule has 0 aromatic carbocycles. The van der Waals surface area contributed by atoms with Gasteiger partial charge in [0.1, 0.15) is 0 Å². The highest BCUT2D eigenvalue weighted by atomic mass is 32.2. The van der Waals surface area contributed by atoms with Gasteiger partial charge in [-0.15, -0.1) is 0 Å². The van der Waals surface area contributed by atoms with E-state index in [1.807, 2.05) is 0 Å². The summed E-state index contributed by atoms with van der Waals surface area (Å²) in [7, 11) is -3.23. The molecular formula is C16H23FN2O4S. The minimum Gasteiger partial charge on any atom is -0.476 e. The average Bonchev–Trinajstić information content (AvgIpc) is 2.91. The third-order valence-corrected chi connectivity index (χ3v) is 7.04. The molecule has 0 aliphatic carbocycles. The quantitative estimate of drug-likeness (QED) is 0.776. The Morgan fingerprint density at radius 2 is 2.25 bits per heavy atom. The predicted octanol–water partition coefficient (Wildman–Crippen LogP) is 1.82. The van der Waals surface area contributed by atoms with Crippen LogP contribution >= 0.6 is 0 Å². The van der Waals surface area contributed by atoms with Gasteiger partial charge in [-0.05, 0) is 44.7 Å². The van der Waals surface area contributed by atoms with E-state index in [0.29, 0.717) is 32.7 Å². The van der Waals surface area contributed by atoms with E-state index in [2.05, 4.69) is 4.98 Å². The molecule has 2 saturated heterocycles. The van der Waals surface area contributed by atoms with Crippen LogP contribution in [-0.4, -0.2) is 54.9 Å². The Balaban J connectivity index is 1.55. The van der Waals surface area contributed by atoms with Gasteiger partial charge in [-0.2, -0.15) is 4.31 Å². The van der Waals surface area contributed by atoms with Crippen LogP contribution in [0.15, 0.2) is 18.3 Å². The van der Waals surface area contributed by atoms with Crippen LogP contribution in [-0.2, 0) is 14.8 Å². The van der Waals surface area contributed by atoms with Gasteiger partial charge in [0.2, 0.25) is 15.9 Å². The first-order valence-corrected chi connectivity index (χ1v) is 9.72. The number of nitrogens with zero attached hydrogens (tertiary/aromatic N) is 2. The van der Waals surface area contributed by atoms with E-state index < -0.39 is 26.7 Å². The lowest BCUT2D eigenvalue weighted by atomic mass is 9.80. The van der Waals surface area contributed by atoms with Crippen molar-refractivity contribution >= 4 is 10.0 Å². The molecule has 1 atom stereocenters. The van der Waals surface area contributed by atoms with Crippen molar-refractivity contribution in [3.05, 3.63) is 24.1 Å². The second-order valence-electron chi connectivity index (χ2n) is 6.69. The van der Waals surface area contributed by atoms with Crippen LogP contribution in [0, 0.1) is 11.7 Å². The molecule has 24 heavy (non-hydrogen) atoms. The van der Waals surface area contributed by atoms with Gasteiger partial charge in [-0.3, -0.25) is 0 Å². The van der Waals surface area contributed by atoms with Crippen LogP contribution in [0.25, 0.3) is 0 Å². The van der Waals surface area contributed by atoms with Gasteiger partial charge in [-0.25, -0.2) is 17.8 Å². The maximum Gasteiger partial charge on any atom is 0.250 e. The molecule has 0 bridgehead atoms. The summed E-state index contributed by atoms with van der Waals surface area (Å²) in [5.74, 6) is -0.265. The number of ether oxygens (including phenoxy) is 2. The van der Waals surface area contributed by atoms with Gasteiger partial charge in [0.25, 0.3) is 0 Å². The van der Waals surface area contributed by atoms with Gasteiger partial charge in [0.05, 0.1) is 17.5 Å². The van der Waals surface area contributed by atoms with Gasteiger partial charge in [0.15, 0.2) is 5.82 Å². The highest BCUT2D eigenvalue weighted by Crippen LogP contribution is 2.43. The fourth-order valence-electron chi connectivity index (χ4n) is 3.35. The molecule has 0 radical (unpaired) electrons. The molecule has 2 aliphatic heterocycles. The molecule has 8 heteroatoms. The summed E-state index contributed by atoms with van der Waals surface area (Å²) in [6.07, 6.45) is 3.04. The number of hydrogen-bond donors (Lipinski definition) is 0. The SMILES string of the molecule is CC(C)S(=O)(=O)N1CC2(C1)OCC[C@H]2CCOc1ncccc1F. The molecule has 3 rings (SSSR count). The van der Waals surface area contributed by atoms with Crippen molar-refractivity contribution in [2.45, 2.75) is 37.5 Å². The minimum atomic E-state index is -3.23. The Kier molecular flexibility index (Phi) is 4.81. The second-order valence-corrected chi connectivity index (χ2v) is 9.18. The fraction of sp³-hybridized carbons (Fsp3) is 0.688. The first-order chi connectivity index (χ1) is 11.3. The zero-order chi connectivity index (χ0) is 17.4. The topological polar surface area (TPSA) is 68.7 Å². The zero-order valence-electron chi connectivity index (χ0n) is 13.9. The molecule has 6 nitrogen and oxygen atoms in total. The van der Waals surface area contributed by atoms with E-state index in [9.17, 15) is 12.8 Å². The lowest BCUT2D eigenvalue weighted by molar-refractivity contribution is -0.104. The highest BCUT2D eigenvalue weighted by molar-refractivity contribution is 7.89. The summed E-state index contributed by atoms with van der Waals surface area (Å²) in [4.78, 5) is 3.86. The molecule has 3 heterocycles. The molecule has 1 aromatic rings. The summed E-state index contributed by atoms with van der Waals surface area (Å²) in [6.45, 7) is 5.12. The summed E-state index contributed by atoms with van der Waals surface area (Å²) in [5.41, 5.74) is -0.409. The van der Waals surface area contributed by atoms with E-state index in [0.717, 1.165) is 6.42 Å². The summed E-state index contributed by atoms with van der Waals surface area (Å²) < 4.78 is 50.7. The molecule has 0 saturated carbocycles. The van der Waals surface area contributed by atoms with E-state index >= 15 is 0 Å². The Morgan fingerprint density at radius 1 is 1.50 bits per heavy atom. The number of pyridine rings is 1. The monoisotopic (exact) mass is 358 g/mol. The number of hydrogen-bond acceptors (Lipinski definition) is 5. The summed E-state index contributed by atoms with van der Waals surface area (Å²) >= 11 is 0. The standard InChI is InChI=1S/C16H23FN2O4S/c1-12(2)24(20,21)19-10-16(11-19)13(6-9-23-16)5-8-22-15-14(17)4-3-7-18-15/h3-4,7,12-13H,5-6,8-11H2,1-2H3/t13-/m1/s1. The lowest BCUT2D eigenvalue weighted by Gasteiger charge is -2.49. The number of aromatic nitrogens is 1. The third kappa shape index (κ3) is 3.14. The van der Waals surface area contributed by atoms with Crippen molar-refractivity contribution < 1.29 is 22.3 Å². The first kappa shape index (κ1) is 17.6. The van der Waals surface area contributed by atoms with Crippen molar-refractivity contribution in [2.24, 2.45) is 5.92 Å². The largest absolute Gasteiger partial charge is 0.476 e. The van der Waals surface area contributed by atoms with Crippen LogP contribution in [0.1, 0.15) is 26.7 Å². The Labute approximate surface area is 142 Å². The van der Waals surface area contributed by atoms with Gasteiger partial charge >= 0.3 is 0 Å². The average molecular weight is 358 g/mol. The smallest absolute Gasteiger partial charge is 0.250 e. The number of rotatable bonds is 6. The maximum absolute atomic E-state index is 13.5. The van der Waals surface area contributed by atoms with E-state index in [1.165, 1.54) is 22.6 Å². The first-order valence-electron chi connectivity index (χ1n) is 8.21. The molecule has 134 valence electrons. The maximum atomic E-state index is 13.5. The van der Waals surface area contributed by atoms with Gasteiger partial charge in [-0.1, -0.05) is 0 Å². The van der Waals surface area contributed by atoms with Crippen molar-refractivity contribution in [3.63, 3.8) is 0 Å². The van der Waals surface area contributed by atoms with Crippen LogP contribution in [0.4, 0.5) is 4.39 Å². The Bertz CT molecular complexity index is 689. The second kappa shape index (κ2) is 6.57. The third-order valence-electron chi connectivity index (χ3n) is 4.87. The molecule has 2 aliphatic rings. The van der Waals surface area contributed by atoms with Crippen LogP contribution in [0.2, 0.25) is 0 Å². The van der Waals surface area contributed by atoms with Gasteiger partial charge < -0.3 is 9.47 Å². The van der Waals surface area contributed by atoms with Crippen LogP contribution < -0.4 is 4.74 Å². The fourth-order valence-corrected chi connectivity index (χ4v) is 4.74. The molecule has 1 spiro atoms. The summed E-state index contributed by atoms with van der Waals surface area (Å²) in [6, 6.07) is 2.82. The van der Waals surface area contributed by atoms with Crippen molar-refractivity contribution in [1.29, 1.82) is 0 Å². The molecule has 1 aromatic heterocycles. The summed E-state index contributed by atoms with van der Waals surface area (Å²) in [5, 5.41) is -0.426.